The van der Waals surface area contributed by atoms with Crippen LogP contribution >= 0.6 is 0 Å². The van der Waals surface area contributed by atoms with E-state index in [2.05, 4.69) is 43.2 Å². The zero-order valence-electron chi connectivity index (χ0n) is 13.5. The minimum Gasteiger partial charge on any atom is -0.341 e. The molecule has 2 N–H and O–H groups in total. The lowest BCUT2D eigenvalue weighted by Gasteiger charge is -2.33. The molecular formula is C16H31N3O. The number of carbonyl (C=O) groups is 1. The van der Waals surface area contributed by atoms with Crippen molar-refractivity contribution in [2.24, 2.45) is 11.3 Å². The average molecular weight is 281 g/mol. The van der Waals surface area contributed by atoms with Gasteiger partial charge in [0.15, 0.2) is 0 Å². The minimum absolute atomic E-state index is 0.0302. The van der Waals surface area contributed by atoms with Crippen molar-refractivity contribution in [2.75, 3.05) is 26.2 Å². The first-order valence-corrected chi connectivity index (χ1v) is 8.13. The number of nitrogens with one attached hydrogen (secondary N) is 2. The van der Waals surface area contributed by atoms with Crippen LogP contribution in [-0.4, -0.2) is 49.1 Å². The highest BCUT2D eigenvalue weighted by Gasteiger charge is 2.31. The molecule has 4 heteroatoms. The van der Waals surface area contributed by atoms with Gasteiger partial charge in [-0.1, -0.05) is 20.8 Å². The molecule has 116 valence electrons. The number of rotatable bonds is 1. The molecular weight excluding hydrogens is 250 g/mol. The molecule has 4 nitrogen and oxygen atoms in total. The highest BCUT2D eigenvalue weighted by atomic mass is 16.2. The molecule has 0 saturated carbocycles. The van der Waals surface area contributed by atoms with Gasteiger partial charge >= 0.3 is 0 Å². The summed E-state index contributed by atoms with van der Waals surface area (Å²) in [7, 11) is 0. The minimum atomic E-state index is -0.0302. The molecule has 3 unspecified atom stereocenters. The molecule has 0 spiro atoms. The van der Waals surface area contributed by atoms with E-state index in [-0.39, 0.29) is 6.04 Å². The van der Waals surface area contributed by atoms with Crippen LogP contribution in [0.3, 0.4) is 0 Å². The Hall–Kier alpha value is -0.610. The second-order valence-corrected chi connectivity index (χ2v) is 7.59. The third kappa shape index (κ3) is 3.95. The van der Waals surface area contributed by atoms with Crippen LogP contribution in [0.1, 0.15) is 47.0 Å². The number of amides is 1. The number of carbonyl (C=O) groups excluding carboxylic acids is 1. The molecule has 2 aliphatic heterocycles. The van der Waals surface area contributed by atoms with Gasteiger partial charge in [-0.05, 0) is 37.5 Å². The van der Waals surface area contributed by atoms with Crippen LogP contribution in [0.15, 0.2) is 0 Å². The van der Waals surface area contributed by atoms with Gasteiger partial charge in [-0.2, -0.15) is 0 Å². The summed E-state index contributed by atoms with van der Waals surface area (Å²) in [6.45, 7) is 12.6. The number of hydrogen-bond acceptors (Lipinski definition) is 3. The van der Waals surface area contributed by atoms with Crippen molar-refractivity contribution in [1.29, 1.82) is 0 Å². The third-order valence-electron chi connectivity index (χ3n) is 4.90. The summed E-state index contributed by atoms with van der Waals surface area (Å²) in [5.74, 6) is 1.02. The Morgan fingerprint density at radius 2 is 1.85 bits per heavy atom. The van der Waals surface area contributed by atoms with E-state index in [1.165, 1.54) is 6.42 Å². The van der Waals surface area contributed by atoms with Gasteiger partial charge in [0.1, 0.15) is 0 Å². The smallest absolute Gasteiger partial charge is 0.241 e. The van der Waals surface area contributed by atoms with Crippen molar-refractivity contribution in [3.63, 3.8) is 0 Å². The fraction of sp³-hybridized carbons (Fsp3) is 0.938. The van der Waals surface area contributed by atoms with Gasteiger partial charge in [0.2, 0.25) is 5.91 Å². The predicted molar refractivity (Wildman–Crippen MR) is 82.6 cm³/mol. The van der Waals surface area contributed by atoms with Crippen LogP contribution < -0.4 is 10.6 Å². The normalized spacial score (nSPS) is 32.8. The number of likely N-dealkylation sites (tertiary alicyclic amines) is 1. The van der Waals surface area contributed by atoms with Gasteiger partial charge < -0.3 is 15.5 Å². The van der Waals surface area contributed by atoms with Crippen molar-refractivity contribution in [3.05, 3.63) is 0 Å². The number of nitrogens with zero attached hydrogens (tertiary/aromatic N) is 1. The summed E-state index contributed by atoms with van der Waals surface area (Å²) in [6.07, 6.45) is 3.54. The predicted octanol–water partition coefficient (Wildman–Crippen LogP) is 1.61. The van der Waals surface area contributed by atoms with E-state index >= 15 is 0 Å². The fourth-order valence-corrected chi connectivity index (χ4v) is 3.36. The van der Waals surface area contributed by atoms with Crippen LogP contribution in [-0.2, 0) is 4.79 Å². The van der Waals surface area contributed by atoms with E-state index in [1.54, 1.807) is 0 Å². The monoisotopic (exact) mass is 281 g/mol. The second-order valence-electron chi connectivity index (χ2n) is 7.59. The van der Waals surface area contributed by atoms with Crippen LogP contribution in [0.2, 0.25) is 0 Å². The zero-order chi connectivity index (χ0) is 14.8. The average Bonchev–Trinajstić information content (AvgIpc) is 2.64. The van der Waals surface area contributed by atoms with E-state index < -0.39 is 0 Å². The molecule has 0 aliphatic carbocycles. The molecule has 0 bridgehead atoms. The molecule has 2 saturated heterocycles. The molecule has 2 fully saturated rings. The second kappa shape index (κ2) is 6.44. The lowest BCUT2D eigenvalue weighted by Crippen LogP contribution is -2.59. The Bertz CT molecular complexity index is 329. The van der Waals surface area contributed by atoms with Gasteiger partial charge in [0.05, 0.1) is 6.04 Å². The van der Waals surface area contributed by atoms with E-state index in [0.29, 0.717) is 17.4 Å². The molecule has 0 radical (unpaired) electrons. The molecule has 0 aromatic carbocycles. The largest absolute Gasteiger partial charge is 0.341 e. The SMILES string of the molecule is CC1CNC(C(=O)N2CCCC(C(C)(C)C)CC2)CN1. The topological polar surface area (TPSA) is 44.4 Å². The molecule has 2 rings (SSSR count). The fourth-order valence-electron chi connectivity index (χ4n) is 3.36. The molecule has 0 aromatic heterocycles. The summed E-state index contributed by atoms with van der Waals surface area (Å²) in [6, 6.07) is 0.436. The summed E-state index contributed by atoms with van der Waals surface area (Å²) in [5.41, 5.74) is 0.360. The first-order valence-electron chi connectivity index (χ1n) is 8.13. The van der Waals surface area contributed by atoms with Crippen LogP contribution in [0.25, 0.3) is 0 Å². The maximum absolute atomic E-state index is 12.6. The van der Waals surface area contributed by atoms with E-state index in [9.17, 15) is 4.79 Å². The van der Waals surface area contributed by atoms with Crippen molar-refractivity contribution in [1.82, 2.24) is 15.5 Å². The van der Waals surface area contributed by atoms with Crippen LogP contribution in [0, 0.1) is 11.3 Å². The lowest BCUT2D eigenvalue weighted by molar-refractivity contribution is -0.133. The maximum atomic E-state index is 12.6. The van der Waals surface area contributed by atoms with Crippen molar-refractivity contribution < 1.29 is 4.79 Å². The van der Waals surface area contributed by atoms with Crippen LogP contribution in [0.5, 0.6) is 0 Å². The van der Waals surface area contributed by atoms with Gasteiger partial charge in [0.25, 0.3) is 0 Å². The molecule has 1 amide bonds. The van der Waals surface area contributed by atoms with Crippen molar-refractivity contribution >= 4 is 5.91 Å². The molecule has 2 aliphatic rings. The Kier molecular flexibility index (Phi) is 5.08. The van der Waals surface area contributed by atoms with E-state index in [0.717, 1.165) is 44.9 Å². The summed E-state index contributed by atoms with van der Waals surface area (Å²) < 4.78 is 0. The standard InChI is InChI=1S/C16H31N3O/c1-12-10-18-14(11-17-12)15(20)19-8-5-6-13(7-9-19)16(2,3)4/h12-14,17-18H,5-11H2,1-4H3. The molecule has 2 heterocycles. The summed E-state index contributed by atoms with van der Waals surface area (Å²) in [5, 5.41) is 6.76. The van der Waals surface area contributed by atoms with E-state index in [4.69, 9.17) is 0 Å². The van der Waals surface area contributed by atoms with Gasteiger partial charge in [-0.15, -0.1) is 0 Å². The third-order valence-corrected chi connectivity index (χ3v) is 4.90. The van der Waals surface area contributed by atoms with Crippen molar-refractivity contribution in [3.8, 4) is 0 Å². The Labute approximate surface area is 123 Å². The van der Waals surface area contributed by atoms with Gasteiger partial charge in [0, 0.05) is 32.2 Å². The first kappa shape index (κ1) is 15.8. The van der Waals surface area contributed by atoms with Gasteiger partial charge in [-0.3, -0.25) is 4.79 Å². The number of hydrogen-bond donors (Lipinski definition) is 2. The van der Waals surface area contributed by atoms with Crippen LogP contribution in [0.4, 0.5) is 0 Å². The highest BCUT2D eigenvalue weighted by molar-refractivity contribution is 5.82. The highest BCUT2D eigenvalue weighted by Crippen LogP contribution is 2.34. The zero-order valence-corrected chi connectivity index (χ0v) is 13.5. The first-order chi connectivity index (χ1) is 9.38. The maximum Gasteiger partial charge on any atom is 0.241 e. The summed E-state index contributed by atoms with van der Waals surface area (Å²) in [4.78, 5) is 14.7. The Morgan fingerprint density at radius 1 is 1.10 bits per heavy atom. The quantitative estimate of drug-likeness (QED) is 0.767. The van der Waals surface area contributed by atoms with Gasteiger partial charge in [-0.25, -0.2) is 0 Å². The molecule has 3 atom stereocenters. The van der Waals surface area contributed by atoms with Crippen molar-refractivity contribution in [2.45, 2.75) is 59.0 Å². The molecule has 0 aromatic rings. The summed E-state index contributed by atoms with van der Waals surface area (Å²) >= 11 is 0. The Morgan fingerprint density at radius 3 is 2.45 bits per heavy atom. The molecule has 20 heavy (non-hydrogen) atoms. The lowest BCUT2D eigenvalue weighted by atomic mass is 9.77. The van der Waals surface area contributed by atoms with E-state index in [1.807, 2.05) is 0 Å². The Balaban J connectivity index is 1.88. The number of piperazine rings is 1.